The molecule has 9 nitrogen and oxygen atoms in total. The van der Waals surface area contributed by atoms with E-state index in [9.17, 15) is 18.4 Å². The summed E-state index contributed by atoms with van der Waals surface area (Å²) in [4.78, 5) is 35.8. The van der Waals surface area contributed by atoms with E-state index in [1.54, 1.807) is 11.0 Å². The fourth-order valence-corrected chi connectivity index (χ4v) is 4.66. The third-order valence-corrected chi connectivity index (χ3v) is 7.04. The standard InChI is InChI=1S/C26H24F2N6O3S/c1-14-3-8-23(35)34(13-14)21-10-16(17-9-19(24(27)28)29-12-20(17)37-2)18(11-30-21)25(36)31-26-33-32-22(38-26)7-6-15-4-5-15/h9-12,14-15,24H,3-5,8,13H2,1-2H3,(H,31,33,36). The zero-order valence-electron chi connectivity index (χ0n) is 20.7. The van der Waals surface area contributed by atoms with E-state index >= 15 is 0 Å². The molecule has 1 N–H and O–H groups in total. The van der Waals surface area contributed by atoms with Crippen molar-refractivity contribution in [2.45, 2.75) is 39.0 Å². The molecule has 1 unspecified atom stereocenters. The molecule has 0 aromatic carbocycles. The summed E-state index contributed by atoms with van der Waals surface area (Å²) in [6, 6.07) is 2.72. The third-order valence-electron chi connectivity index (χ3n) is 6.29. The van der Waals surface area contributed by atoms with Crippen LogP contribution in [0, 0.1) is 23.7 Å². The van der Waals surface area contributed by atoms with Crippen LogP contribution >= 0.6 is 11.3 Å². The Balaban J connectivity index is 1.54. The first-order valence-corrected chi connectivity index (χ1v) is 12.9. The number of hydrogen-bond donors (Lipinski definition) is 1. The fraction of sp³-hybridized carbons (Fsp3) is 0.385. The lowest BCUT2D eigenvalue weighted by atomic mass is 9.97. The van der Waals surface area contributed by atoms with Crippen molar-refractivity contribution in [2.24, 2.45) is 11.8 Å². The van der Waals surface area contributed by atoms with Gasteiger partial charge in [-0.2, -0.15) is 0 Å². The van der Waals surface area contributed by atoms with Crippen molar-refractivity contribution in [1.82, 2.24) is 20.2 Å². The molecule has 2 fully saturated rings. The molecule has 1 aliphatic heterocycles. The van der Waals surface area contributed by atoms with E-state index < -0.39 is 18.0 Å². The number of rotatable bonds is 6. The van der Waals surface area contributed by atoms with Crippen molar-refractivity contribution in [1.29, 1.82) is 0 Å². The number of ether oxygens (including phenoxy) is 1. The van der Waals surface area contributed by atoms with Gasteiger partial charge in [0.2, 0.25) is 11.0 Å². The first-order valence-electron chi connectivity index (χ1n) is 12.1. The molecule has 3 aromatic rings. The van der Waals surface area contributed by atoms with Crippen molar-refractivity contribution in [3.8, 4) is 28.7 Å². The van der Waals surface area contributed by atoms with Crippen molar-refractivity contribution >= 4 is 34.1 Å². The quantitative estimate of drug-likeness (QED) is 0.452. The highest BCUT2D eigenvalue weighted by atomic mass is 32.1. The second-order valence-electron chi connectivity index (χ2n) is 9.26. The number of amides is 2. The molecule has 1 atom stereocenters. The molecule has 4 heterocycles. The smallest absolute Gasteiger partial charge is 0.280 e. The molecule has 5 rings (SSSR count). The summed E-state index contributed by atoms with van der Waals surface area (Å²) in [6.45, 7) is 2.50. The topological polar surface area (TPSA) is 110 Å². The van der Waals surface area contributed by atoms with Gasteiger partial charge in [-0.05, 0) is 43.2 Å². The van der Waals surface area contributed by atoms with Gasteiger partial charge in [0.1, 0.15) is 17.3 Å². The number of carbonyl (C=O) groups is 2. The van der Waals surface area contributed by atoms with Crippen LogP contribution < -0.4 is 15.0 Å². The van der Waals surface area contributed by atoms with E-state index in [0.29, 0.717) is 29.7 Å². The molecule has 38 heavy (non-hydrogen) atoms. The van der Waals surface area contributed by atoms with Gasteiger partial charge in [-0.3, -0.25) is 24.8 Å². The average molecular weight is 539 g/mol. The third kappa shape index (κ3) is 5.62. The maximum atomic E-state index is 13.6. The number of nitrogens with zero attached hydrogens (tertiary/aromatic N) is 5. The van der Waals surface area contributed by atoms with Gasteiger partial charge in [-0.15, -0.1) is 10.2 Å². The van der Waals surface area contributed by atoms with Gasteiger partial charge < -0.3 is 4.74 Å². The molecule has 1 aliphatic carbocycles. The molecule has 2 amide bonds. The molecule has 1 saturated heterocycles. The Kier molecular flexibility index (Phi) is 7.28. The Labute approximate surface area is 221 Å². The highest BCUT2D eigenvalue weighted by Crippen LogP contribution is 2.37. The molecular formula is C26H24F2N6O3S. The maximum Gasteiger partial charge on any atom is 0.280 e. The number of alkyl halides is 2. The van der Waals surface area contributed by atoms with Crippen LogP contribution in [0.25, 0.3) is 11.1 Å². The Bertz CT molecular complexity index is 1450. The number of pyridine rings is 2. The van der Waals surface area contributed by atoms with Gasteiger partial charge in [-0.1, -0.05) is 24.2 Å². The predicted molar refractivity (Wildman–Crippen MR) is 137 cm³/mol. The van der Waals surface area contributed by atoms with Crippen LogP contribution in [0.15, 0.2) is 24.5 Å². The summed E-state index contributed by atoms with van der Waals surface area (Å²) in [5, 5.41) is 11.4. The van der Waals surface area contributed by atoms with Crippen LogP contribution in [-0.4, -0.2) is 45.6 Å². The number of piperidine rings is 1. The number of aromatic nitrogens is 4. The van der Waals surface area contributed by atoms with Crippen LogP contribution in [0.1, 0.15) is 60.1 Å². The lowest BCUT2D eigenvalue weighted by molar-refractivity contribution is -0.120. The van der Waals surface area contributed by atoms with Gasteiger partial charge >= 0.3 is 0 Å². The molecule has 3 aromatic heterocycles. The summed E-state index contributed by atoms with van der Waals surface area (Å²) < 4.78 is 32.5. The molecule has 12 heteroatoms. The summed E-state index contributed by atoms with van der Waals surface area (Å²) in [5.41, 5.74) is 0.0864. The Hall–Kier alpha value is -3.98. The van der Waals surface area contributed by atoms with E-state index in [2.05, 4.69) is 37.3 Å². The number of methoxy groups -OCH3 is 1. The van der Waals surface area contributed by atoms with Gasteiger partial charge in [0, 0.05) is 36.2 Å². The van der Waals surface area contributed by atoms with E-state index in [0.717, 1.165) is 30.6 Å². The SMILES string of the molecule is COc1cnc(C(F)F)cc1-c1cc(N2CC(C)CCC2=O)ncc1C(=O)Nc1nnc(C#CC2CC2)s1. The normalized spacial score (nSPS) is 17.2. The number of nitrogens with one attached hydrogen (secondary N) is 1. The number of halogens is 2. The first kappa shape index (κ1) is 25.7. The minimum absolute atomic E-state index is 0.0804. The molecular weight excluding hydrogens is 514 g/mol. The van der Waals surface area contributed by atoms with Gasteiger partial charge in [0.25, 0.3) is 12.3 Å². The first-order chi connectivity index (χ1) is 18.3. The van der Waals surface area contributed by atoms with Crippen molar-refractivity contribution in [3.63, 3.8) is 0 Å². The van der Waals surface area contributed by atoms with Gasteiger partial charge in [0.05, 0.1) is 18.9 Å². The zero-order chi connectivity index (χ0) is 26.8. The maximum absolute atomic E-state index is 13.6. The monoisotopic (exact) mass is 538 g/mol. The lowest BCUT2D eigenvalue weighted by Gasteiger charge is -2.30. The number of carbonyl (C=O) groups excluding carboxylic acids is 2. The van der Waals surface area contributed by atoms with Crippen LogP contribution in [0.4, 0.5) is 19.7 Å². The highest BCUT2D eigenvalue weighted by molar-refractivity contribution is 7.15. The van der Waals surface area contributed by atoms with Crippen LogP contribution in [0.3, 0.4) is 0 Å². The average Bonchev–Trinajstić information content (AvgIpc) is 3.65. The van der Waals surface area contributed by atoms with Gasteiger partial charge in [-0.25, -0.2) is 13.8 Å². The zero-order valence-corrected chi connectivity index (χ0v) is 21.5. The van der Waals surface area contributed by atoms with E-state index in [1.165, 1.54) is 25.6 Å². The molecule has 0 spiro atoms. The summed E-state index contributed by atoms with van der Waals surface area (Å²) >= 11 is 1.13. The lowest BCUT2D eigenvalue weighted by Crippen LogP contribution is -2.39. The van der Waals surface area contributed by atoms with Gasteiger partial charge in [0.15, 0.2) is 5.01 Å². The second-order valence-corrected chi connectivity index (χ2v) is 10.2. The van der Waals surface area contributed by atoms with E-state index in [4.69, 9.17) is 4.74 Å². The molecule has 0 radical (unpaired) electrons. The molecule has 1 saturated carbocycles. The fourth-order valence-electron chi connectivity index (χ4n) is 4.06. The Morgan fingerprint density at radius 1 is 1.18 bits per heavy atom. The summed E-state index contributed by atoms with van der Waals surface area (Å²) in [6.07, 6.45) is 2.97. The van der Waals surface area contributed by atoms with Crippen LogP contribution in [0.5, 0.6) is 5.75 Å². The summed E-state index contributed by atoms with van der Waals surface area (Å²) in [5.74, 6) is 6.55. The largest absolute Gasteiger partial charge is 0.494 e. The minimum atomic E-state index is -2.83. The van der Waals surface area contributed by atoms with Crippen molar-refractivity contribution in [3.05, 3.63) is 40.8 Å². The van der Waals surface area contributed by atoms with E-state index in [1.807, 2.05) is 6.92 Å². The Morgan fingerprint density at radius 2 is 2.00 bits per heavy atom. The molecule has 0 bridgehead atoms. The van der Waals surface area contributed by atoms with E-state index in [-0.39, 0.29) is 39.4 Å². The Morgan fingerprint density at radius 3 is 2.74 bits per heavy atom. The number of anilines is 2. The van der Waals surface area contributed by atoms with Crippen molar-refractivity contribution < 1.29 is 23.1 Å². The highest BCUT2D eigenvalue weighted by Gasteiger charge is 2.28. The summed E-state index contributed by atoms with van der Waals surface area (Å²) in [7, 11) is 1.38. The molecule has 2 aliphatic rings. The van der Waals surface area contributed by atoms with Crippen LogP contribution in [-0.2, 0) is 4.79 Å². The van der Waals surface area contributed by atoms with Crippen molar-refractivity contribution in [2.75, 3.05) is 23.9 Å². The number of hydrogen-bond acceptors (Lipinski definition) is 8. The van der Waals surface area contributed by atoms with Crippen LogP contribution in [0.2, 0.25) is 0 Å². The second kappa shape index (κ2) is 10.8. The predicted octanol–water partition coefficient (Wildman–Crippen LogP) is 4.72. The molecule has 196 valence electrons. The minimum Gasteiger partial charge on any atom is -0.494 e.